The van der Waals surface area contributed by atoms with Gasteiger partial charge < -0.3 is 29.2 Å². The molecular formula is C37H56N3O8P. The summed E-state index contributed by atoms with van der Waals surface area (Å²) in [4.78, 5) is 20.9. The molecule has 5 atom stereocenters. The highest BCUT2D eigenvalue weighted by molar-refractivity contribution is 7.47. The van der Waals surface area contributed by atoms with Crippen LogP contribution in [0.25, 0.3) is 22.4 Å². The van der Waals surface area contributed by atoms with Gasteiger partial charge in [-0.2, -0.15) is 0 Å². The summed E-state index contributed by atoms with van der Waals surface area (Å²) in [5.74, 6) is 1.21. The molecule has 4 heterocycles. The maximum Gasteiger partial charge on any atom is 0.472 e. The smallest absolute Gasteiger partial charge is 0.454 e. The van der Waals surface area contributed by atoms with Crippen LogP contribution in [-0.4, -0.2) is 69.4 Å². The number of aliphatic hydroxyl groups excluding tert-OH is 2. The van der Waals surface area contributed by atoms with Crippen LogP contribution >= 0.6 is 7.82 Å². The lowest BCUT2D eigenvalue weighted by Crippen LogP contribution is -2.43. The minimum absolute atomic E-state index is 0.114. The third kappa shape index (κ3) is 10.8. The molecule has 49 heavy (non-hydrogen) atoms. The standard InChI is InChI=1S/C37H56N3O8P/c1-2-3-4-5-6-7-8-9-10-11-12-13-14-15-16-19-24-45-49(43,44)46-26-32-34(41)35(42)37(48-32)40-23-22-29-33(38-27-39-36(29)40)31-25-28-20-17-18-21-30(28)47-31/h17-18,20-21,25,27,32,34-35,37,41-42H,2-16,19,22-24,26H2,1H3,(H,43,44)/t32-,34?,35+,37-/m1/s1. The Bertz CT molecular complexity index is 1440. The molecule has 0 radical (unpaired) electrons. The van der Waals surface area contributed by atoms with Crippen molar-refractivity contribution >= 4 is 24.6 Å². The fourth-order valence-electron chi connectivity index (χ4n) is 6.94. The van der Waals surface area contributed by atoms with E-state index in [1.165, 1.54) is 89.8 Å². The predicted octanol–water partition coefficient (Wildman–Crippen LogP) is 8.09. The largest absolute Gasteiger partial charge is 0.472 e. The molecule has 1 saturated heterocycles. The third-order valence-corrected chi connectivity index (χ3v) is 10.7. The quantitative estimate of drug-likeness (QED) is 0.0651. The van der Waals surface area contributed by atoms with E-state index in [1.54, 1.807) is 4.90 Å². The molecule has 2 aromatic heterocycles. The van der Waals surface area contributed by atoms with Crippen LogP contribution in [0.15, 0.2) is 41.1 Å². The Morgan fingerprint density at radius 2 is 1.49 bits per heavy atom. The number of para-hydroxylation sites is 1. The number of hydrogen-bond acceptors (Lipinski definition) is 10. The molecule has 3 aromatic rings. The van der Waals surface area contributed by atoms with Crippen molar-refractivity contribution in [3.63, 3.8) is 0 Å². The second kappa shape index (κ2) is 19.3. The zero-order valence-corrected chi connectivity index (χ0v) is 30.0. The van der Waals surface area contributed by atoms with Crippen LogP contribution in [0.2, 0.25) is 0 Å². The van der Waals surface area contributed by atoms with E-state index in [1.807, 2.05) is 30.3 Å². The van der Waals surface area contributed by atoms with Gasteiger partial charge in [-0.25, -0.2) is 14.5 Å². The summed E-state index contributed by atoms with van der Waals surface area (Å²) >= 11 is 0. The monoisotopic (exact) mass is 701 g/mol. The van der Waals surface area contributed by atoms with Gasteiger partial charge in [0.15, 0.2) is 12.0 Å². The first-order valence-corrected chi connectivity index (χ1v) is 20.1. The van der Waals surface area contributed by atoms with E-state index in [4.69, 9.17) is 18.2 Å². The van der Waals surface area contributed by atoms with Crippen LogP contribution in [0, 0.1) is 0 Å². The third-order valence-electron chi connectivity index (χ3n) is 9.75. The van der Waals surface area contributed by atoms with Gasteiger partial charge in [0.25, 0.3) is 0 Å². The Morgan fingerprint density at radius 3 is 2.14 bits per heavy atom. The molecular weight excluding hydrogens is 645 g/mol. The van der Waals surface area contributed by atoms with Crippen molar-refractivity contribution in [1.29, 1.82) is 0 Å². The van der Waals surface area contributed by atoms with Crippen LogP contribution < -0.4 is 4.90 Å². The minimum Gasteiger partial charge on any atom is -0.454 e. The van der Waals surface area contributed by atoms with Gasteiger partial charge in [-0.1, -0.05) is 121 Å². The number of unbranched alkanes of at least 4 members (excludes halogenated alkanes) is 15. The highest BCUT2D eigenvalue weighted by Gasteiger charge is 2.48. The molecule has 0 aliphatic carbocycles. The first-order chi connectivity index (χ1) is 23.9. The lowest BCUT2D eigenvalue weighted by molar-refractivity contribution is -0.0238. The number of phosphoric ester groups is 1. The average molecular weight is 702 g/mol. The molecule has 2 aliphatic rings. The SMILES string of the molecule is CCCCCCCCCCCCCCCCCCOP(=O)(O)OC[C@H]1O[C@@H](N2CCc3c(-c4cc5ccccc5o4)ncnc32)[C@@H](O)C1O. The Kier molecular flexibility index (Phi) is 14.9. The molecule has 0 amide bonds. The van der Waals surface area contributed by atoms with Crippen LogP contribution in [-0.2, 0) is 24.8 Å². The van der Waals surface area contributed by atoms with Crippen LogP contribution in [0.1, 0.15) is 115 Å². The average Bonchev–Trinajstić information content (AvgIpc) is 3.81. The molecule has 1 aromatic carbocycles. The Hall–Kier alpha value is -2.37. The molecule has 0 spiro atoms. The van der Waals surface area contributed by atoms with Gasteiger partial charge in [-0.3, -0.25) is 9.05 Å². The van der Waals surface area contributed by atoms with Crippen molar-refractivity contribution in [2.24, 2.45) is 0 Å². The van der Waals surface area contributed by atoms with E-state index < -0.39 is 39.0 Å². The van der Waals surface area contributed by atoms with Crippen molar-refractivity contribution < 1.29 is 37.9 Å². The summed E-state index contributed by atoms with van der Waals surface area (Å²) in [6.07, 6.45) is 17.4. The first-order valence-electron chi connectivity index (χ1n) is 18.6. The normalized spacial score (nSPS) is 21.8. The van der Waals surface area contributed by atoms with Crippen LogP contribution in [0.5, 0.6) is 0 Å². The lowest BCUT2D eigenvalue weighted by atomic mass is 10.0. The number of rotatable bonds is 23. The van der Waals surface area contributed by atoms with E-state index in [0.717, 1.165) is 29.4 Å². The number of nitrogens with zero attached hydrogens (tertiary/aromatic N) is 3. The number of ether oxygens (including phenoxy) is 1. The molecule has 0 saturated carbocycles. The van der Waals surface area contributed by atoms with Gasteiger partial charge in [0.05, 0.1) is 13.2 Å². The maximum absolute atomic E-state index is 12.5. The molecule has 12 heteroatoms. The Labute approximate surface area is 291 Å². The van der Waals surface area contributed by atoms with Crippen molar-refractivity contribution in [2.75, 3.05) is 24.7 Å². The zero-order valence-electron chi connectivity index (χ0n) is 29.1. The molecule has 1 fully saturated rings. The number of fused-ring (bicyclic) bond motifs is 2. The summed E-state index contributed by atoms with van der Waals surface area (Å²) in [5.41, 5.74) is 2.28. The Morgan fingerprint density at radius 1 is 0.857 bits per heavy atom. The summed E-state index contributed by atoms with van der Waals surface area (Å²) in [7, 11) is -4.35. The van der Waals surface area contributed by atoms with E-state index in [2.05, 4.69) is 16.9 Å². The number of hydrogen-bond donors (Lipinski definition) is 3. The molecule has 272 valence electrons. The molecule has 11 nitrogen and oxygen atoms in total. The van der Waals surface area contributed by atoms with E-state index >= 15 is 0 Å². The van der Waals surface area contributed by atoms with Crippen molar-refractivity contribution in [3.8, 4) is 11.5 Å². The number of aliphatic hydroxyl groups is 2. The molecule has 2 unspecified atom stereocenters. The number of furan rings is 1. The van der Waals surface area contributed by atoms with Crippen LogP contribution in [0.4, 0.5) is 5.82 Å². The van der Waals surface area contributed by atoms with Crippen LogP contribution in [0.3, 0.4) is 0 Å². The van der Waals surface area contributed by atoms with Gasteiger partial charge in [-0.15, -0.1) is 0 Å². The molecule has 0 bridgehead atoms. The fraction of sp³-hybridized carbons (Fsp3) is 0.676. The maximum atomic E-state index is 12.5. The molecule has 3 N–H and O–H groups in total. The van der Waals surface area contributed by atoms with Gasteiger partial charge in [0, 0.05) is 17.5 Å². The Balaban J connectivity index is 0.959. The first kappa shape index (κ1) is 37.9. The summed E-state index contributed by atoms with van der Waals surface area (Å²) in [6, 6.07) is 9.67. The highest BCUT2D eigenvalue weighted by Crippen LogP contribution is 2.45. The molecule has 5 rings (SSSR count). The zero-order chi connectivity index (χ0) is 34.5. The number of benzene rings is 1. The topological polar surface area (TPSA) is 148 Å². The van der Waals surface area contributed by atoms with Gasteiger partial charge in [0.1, 0.15) is 41.7 Å². The van der Waals surface area contributed by atoms with Crippen molar-refractivity contribution in [3.05, 3.63) is 42.2 Å². The number of aromatic nitrogens is 2. The summed E-state index contributed by atoms with van der Waals surface area (Å²) in [5, 5.41) is 22.6. The van der Waals surface area contributed by atoms with Gasteiger partial charge >= 0.3 is 7.82 Å². The highest BCUT2D eigenvalue weighted by atomic mass is 31.2. The van der Waals surface area contributed by atoms with Gasteiger partial charge in [0.2, 0.25) is 0 Å². The minimum atomic E-state index is -4.35. The lowest BCUT2D eigenvalue weighted by Gasteiger charge is -2.27. The van der Waals surface area contributed by atoms with Gasteiger partial charge in [-0.05, 0) is 25.0 Å². The van der Waals surface area contributed by atoms with Crippen molar-refractivity contribution in [2.45, 2.75) is 141 Å². The van der Waals surface area contributed by atoms with E-state index in [-0.39, 0.29) is 6.61 Å². The summed E-state index contributed by atoms with van der Waals surface area (Å²) in [6.45, 7) is 2.45. The van der Waals surface area contributed by atoms with E-state index in [9.17, 15) is 19.7 Å². The number of anilines is 1. The fourth-order valence-corrected chi connectivity index (χ4v) is 7.71. The number of phosphoric acid groups is 1. The second-order valence-corrected chi connectivity index (χ2v) is 15.0. The summed E-state index contributed by atoms with van der Waals surface area (Å²) < 4.78 is 34.9. The van der Waals surface area contributed by atoms with Crippen molar-refractivity contribution in [1.82, 2.24) is 9.97 Å². The molecule has 2 aliphatic heterocycles. The predicted molar refractivity (Wildman–Crippen MR) is 190 cm³/mol. The van der Waals surface area contributed by atoms with E-state index in [0.29, 0.717) is 36.7 Å². The second-order valence-electron chi connectivity index (χ2n) is 13.6.